The van der Waals surface area contributed by atoms with E-state index in [4.69, 9.17) is 17.0 Å². The molecule has 1 aromatic heterocycles. The third kappa shape index (κ3) is 8.89. The zero-order valence-electron chi connectivity index (χ0n) is 24.0. The number of ether oxygens (including phenoxy) is 1. The first-order valence-corrected chi connectivity index (χ1v) is 14.7. The van der Waals surface area contributed by atoms with Crippen LogP contribution in [0.1, 0.15) is 18.4 Å². The van der Waals surface area contributed by atoms with Crippen molar-refractivity contribution in [2.75, 3.05) is 56.9 Å². The predicted molar refractivity (Wildman–Crippen MR) is 166 cm³/mol. The average Bonchev–Trinajstić information content (AvgIpc) is 3.00. The summed E-state index contributed by atoms with van der Waals surface area (Å²) in [5.41, 5.74) is 1.32. The number of carbonyl (C=O) groups is 2. The van der Waals surface area contributed by atoms with E-state index in [-0.39, 0.29) is 35.2 Å². The molecule has 5 rings (SSSR count). The van der Waals surface area contributed by atoms with E-state index in [2.05, 4.69) is 42.8 Å². The minimum absolute atomic E-state index is 0.0751. The second-order valence-electron chi connectivity index (χ2n) is 10.7. The minimum Gasteiger partial charge on any atom is -0.439 e. The van der Waals surface area contributed by atoms with Gasteiger partial charge in [0.05, 0.1) is 6.42 Å². The smallest absolute Gasteiger partial charge is 0.323 e. The molecule has 2 aliphatic rings. The lowest BCUT2D eigenvalue weighted by atomic mass is 10.0. The van der Waals surface area contributed by atoms with Crippen LogP contribution in [0.15, 0.2) is 60.9 Å². The van der Waals surface area contributed by atoms with E-state index in [0.29, 0.717) is 41.9 Å². The molecule has 3 N–H and O–H groups in total. The molecule has 0 spiro atoms. The highest BCUT2D eigenvalue weighted by Gasteiger charge is 2.28. The number of likely N-dealkylation sites (tertiary alicyclic amines) is 1. The fourth-order valence-corrected chi connectivity index (χ4v) is 5.35. The molecular weight excluding hydrogens is 571 g/mol. The Kier molecular flexibility index (Phi) is 10.1. The number of halogens is 1. The number of thiocarbonyl (C=S) groups is 1. The number of urea groups is 1. The van der Waals surface area contributed by atoms with Crippen LogP contribution < -0.4 is 20.7 Å². The van der Waals surface area contributed by atoms with Crippen LogP contribution in [0.2, 0.25) is 0 Å². The summed E-state index contributed by atoms with van der Waals surface area (Å²) in [6.07, 6.45) is 3.35. The summed E-state index contributed by atoms with van der Waals surface area (Å²) in [5.74, 6) is 0.479. The highest BCUT2D eigenvalue weighted by atomic mass is 32.1. The Labute approximate surface area is 255 Å². The summed E-state index contributed by atoms with van der Waals surface area (Å²) in [7, 11) is 2.16. The summed E-state index contributed by atoms with van der Waals surface area (Å²) in [5, 5.41) is 8.55. The number of rotatable bonds is 7. The van der Waals surface area contributed by atoms with Gasteiger partial charge in [-0.2, -0.15) is 0 Å². The summed E-state index contributed by atoms with van der Waals surface area (Å²) < 4.78 is 18.9. The van der Waals surface area contributed by atoms with Crippen LogP contribution in [0, 0.1) is 5.82 Å². The summed E-state index contributed by atoms with van der Waals surface area (Å²) in [4.78, 5) is 40.2. The van der Waals surface area contributed by atoms with E-state index in [0.717, 1.165) is 39.0 Å². The number of likely N-dealkylation sites (N-methyl/N-ethyl adjacent to an activating group) is 1. The normalized spacial score (nSPS) is 16.4. The average molecular weight is 607 g/mol. The van der Waals surface area contributed by atoms with Crippen molar-refractivity contribution < 1.29 is 18.7 Å². The number of nitrogens with zero attached hydrogens (tertiary/aromatic N) is 5. The van der Waals surface area contributed by atoms with Crippen LogP contribution in [-0.2, 0) is 11.2 Å². The van der Waals surface area contributed by atoms with E-state index in [1.807, 2.05) is 4.90 Å². The van der Waals surface area contributed by atoms with Gasteiger partial charge in [0.2, 0.25) is 11.8 Å². The van der Waals surface area contributed by atoms with E-state index in [1.54, 1.807) is 42.5 Å². The van der Waals surface area contributed by atoms with Crippen LogP contribution in [-0.4, -0.2) is 94.1 Å². The van der Waals surface area contributed by atoms with Crippen molar-refractivity contribution in [3.05, 3.63) is 72.3 Å². The van der Waals surface area contributed by atoms with Gasteiger partial charge in [0.1, 0.15) is 23.7 Å². The molecule has 226 valence electrons. The van der Waals surface area contributed by atoms with Crippen LogP contribution in [0.5, 0.6) is 11.6 Å². The Morgan fingerprint density at radius 3 is 2.35 bits per heavy atom. The van der Waals surface area contributed by atoms with Gasteiger partial charge in [-0.05, 0) is 74.1 Å². The van der Waals surface area contributed by atoms with Gasteiger partial charge in [-0.15, -0.1) is 0 Å². The number of nitrogens with one attached hydrogen (secondary N) is 3. The van der Waals surface area contributed by atoms with Gasteiger partial charge < -0.3 is 25.2 Å². The lowest BCUT2D eigenvalue weighted by Gasteiger charge is -2.42. The number of benzene rings is 2. The van der Waals surface area contributed by atoms with Gasteiger partial charge >= 0.3 is 6.03 Å². The lowest BCUT2D eigenvalue weighted by Crippen LogP contribution is -2.53. The molecule has 3 amide bonds. The highest BCUT2D eigenvalue weighted by molar-refractivity contribution is 7.80. The molecule has 11 nitrogen and oxygen atoms in total. The summed E-state index contributed by atoms with van der Waals surface area (Å²) in [6, 6.07) is 14.6. The van der Waals surface area contributed by atoms with Gasteiger partial charge in [-0.1, -0.05) is 12.1 Å². The predicted octanol–water partition coefficient (Wildman–Crippen LogP) is 3.71. The zero-order chi connectivity index (χ0) is 30.2. The molecular formula is C30H35FN8O3S. The van der Waals surface area contributed by atoms with Crippen molar-refractivity contribution in [2.45, 2.75) is 25.3 Å². The third-order valence-electron chi connectivity index (χ3n) is 7.55. The maximum Gasteiger partial charge on any atom is 0.323 e. The molecule has 0 radical (unpaired) electrons. The largest absolute Gasteiger partial charge is 0.439 e. The first kappa shape index (κ1) is 30.3. The summed E-state index contributed by atoms with van der Waals surface area (Å²) >= 11 is 5.23. The molecule has 0 aliphatic carbocycles. The topological polar surface area (TPSA) is 115 Å². The second-order valence-corrected chi connectivity index (χ2v) is 11.1. The van der Waals surface area contributed by atoms with Crippen molar-refractivity contribution >= 4 is 40.8 Å². The van der Waals surface area contributed by atoms with Gasteiger partial charge in [-0.25, -0.2) is 19.2 Å². The van der Waals surface area contributed by atoms with Crippen LogP contribution in [0.25, 0.3) is 0 Å². The molecule has 43 heavy (non-hydrogen) atoms. The number of anilines is 2. The molecule has 3 aromatic rings. The van der Waals surface area contributed by atoms with Gasteiger partial charge in [0.15, 0.2) is 5.11 Å². The Hall–Kier alpha value is -4.20. The third-order valence-corrected chi connectivity index (χ3v) is 7.75. The fraction of sp³-hybridized carbons (Fsp3) is 0.367. The quantitative estimate of drug-likeness (QED) is 0.347. The number of piperazine rings is 1. The lowest BCUT2D eigenvalue weighted by molar-refractivity contribution is -0.119. The number of piperidine rings is 1. The molecule has 0 unspecified atom stereocenters. The van der Waals surface area contributed by atoms with Crippen LogP contribution in [0.3, 0.4) is 0 Å². The van der Waals surface area contributed by atoms with E-state index >= 15 is 0 Å². The summed E-state index contributed by atoms with van der Waals surface area (Å²) in [6.45, 7) is 5.77. The number of aromatic nitrogens is 2. The molecule has 0 atom stereocenters. The van der Waals surface area contributed by atoms with Gasteiger partial charge in [-0.3, -0.25) is 15.0 Å². The Balaban J connectivity index is 1.06. The number of hydrogen-bond donors (Lipinski definition) is 3. The highest BCUT2D eigenvalue weighted by Crippen LogP contribution is 2.23. The molecule has 0 bridgehead atoms. The van der Waals surface area contributed by atoms with Crippen LogP contribution >= 0.6 is 12.2 Å². The van der Waals surface area contributed by atoms with Crippen molar-refractivity contribution in [1.82, 2.24) is 30.0 Å². The Morgan fingerprint density at radius 1 is 0.953 bits per heavy atom. The van der Waals surface area contributed by atoms with Crippen molar-refractivity contribution in [2.24, 2.45) is 0 Å². The molecule has 13 heteroatoms. The molecule has 0 saturated carbocycles. The molecule has 2 aliphatic heterocycles. The first-order chi connectivity index (χ1) is 20.8. The molecule has 2 aromatic carbocycles. The second kappa shape index (κ2) is 14.3. The maximum atomic E-state index is 13.1. The number of amides is 3. The first-order valence-electron chi connectivity index (χ1n) is 14.2. The van der Waals surface area contributed by atoms with Crippen molar-refractivity contribution in [3.8, 4) is 11.6 Å². The van der Waals surface area contributed by atoms with Crippen LogP contribution in [0.4, 0.5) is 20.7 Å². The monoisotopic (exact) mass is 606 g/mol. The minimum atomic E-state index is -0.358. The molecule has 2 saturated heterocycles. The Morgan fingerprint density at radius 2 is 1.65 bits per heavy atom. The van der Waals surface area contributed by atoms with E-state index < -0.39 is 0 Å². The SMILES string of the molecule is CN1CCN(C2CCN(C(=O)Nc3cc(Oc4ccc(NC(=S)NC(=O)Cc5ccc(F)cc5)cc4)ncn3)CC2)CC1. The number of carbonyl (C=O) groups excluding carboxylic acids is 2. The fourth-order valence-electron chi connectivity index (χ4n) is 5.12. The van der Waals surface area contributed by atoms with Gasteiger partial charge in [0.25, 0.3) is 0 Å². The van der Waals surface area contributed by atoms with Crippen molar-refractivity contribution in [1.29, 1.82) is 0 Å². The standard InChI is InChI=1S/C30H35FN8O3S/c1-37-14-16-38(17-15-37)24-10-12-39(13-11-24)30(41)35-26-19-28(33-20-32-26)42-25-8-6-23(7-9-25)34-29(43)36-27(40)18-21-2-4-22(31)5-3-21/h2-9,19-20,24H,10-18H2,1H3,(H,32,33,35,41)(H2,34,36,40,43). The Bertz CT molecular complexity index is 1410. The molecule has 3 heterocycles. The van der Waals surface area contributed by atoms with E-state index in [1.165, 1.54) is 18.5 Å². The zero-order valence-corrected chi connectivity index (χ0v) is 24.8. The van der Waals surface area contributed by atoms with Gasteiger partial charge in [0, 0.05) is 57.1 Å². The van der Waals surface area contributed by atoms with Crippen molar-refractivity contribution in [3.63, 3.8) is 0 Å². The number of hydrogen-bond acceptors (Lipinski definition) is 8. The van der Waals surface area contributed by atoms with E-state index in [9.17, 15) is 14.0 Å². The molecule has 2 fully saturated rings. The maximum absolute atomic E-state index is 13.1.